The first-order valence-electron chi connectivity index (χ1n) is 8.29. The van der Waals surface area contributed by atoms with Crippen LogP contribution in [0.4, 0.5) is 5.69 Å². The van der Waals surface area contributed by atoms with E-state index >= 15 is 0 Å². The van der Waals surface area contributed by atoms with Crippen molar-refractivity contribution in [3.63, 3.8) is 0 Å². The second kappa shape index (κ2) is 8.84. The van der Waals surface area contributed by atoms with Gasteiger partial charge in [-0.3, -0.25) is 14.4 Å². The Hall–Kier alpha value is -3.09. The molecule has 2 rings (SSSR count). The van der Waals surface area contributed by atoms with Crippen molar-refractivity contribution in [2.75, 3.05) is 25.5 Å². The highest BCUT2D eigenvalue weighted by Crippen LogP contribution is 2.17. The van der Waals surface area contributed by atoms with Crippen molar-refractivity contribution < 1.29 is 18.8 Å². The Morgan fingerprint density at radius 1 is 1.15 bits per heavy atom. The lowest BCUT2D eigenvalue weighted by Crippen LogP contribution is -2.37. The van der Waals surface area contributed by atoms with E-state index in [0.717, 1.165) is 16.8 Å². The van der Waals surface area contributed by atoms with E-state index in [9.17, 15) is 14.4 Å². The molecule has 0 aliphatic rings. The first-order chi connectivity index (χ1) is 12.4. The summed E-state index contributed by atoms with van der Waals surface area (Å²) in [4.78, 5) is 37.3. The number of amides is 3. The minimum absolute atomic E-state index is 0.0537. The maximum absolute atomic E-state index is 12.1. The van der Waals surface area contributed by atoms with Gasteiger partial charge in [0.05, 0.1) is 18.4 Å². The van der Waals surface area contributed by atoms with E-state index < -0.39 is 0 Å². The van der Waals surface area contributed by atoms with Crippen LogP contribution in [0.15, 0.2) is 41.2 Å². The lowest BCUT2D eigenvalue weighted by molar-refractivity contribution is -0.133. The fraction of sp³-hybridized carbons (Fsp3) is 0.316. The molecule has 0 fully saturated rings. The van der Waals surface area contributed by atoms with Gasteiger partial charge in [0.15, 0.2) is 0 Å². The van der Waals surface area contributed by atoms with Gasteiger partial charge in [-0.05, 0) is 37.1 Å². The van der Waals surface area contributed by atoms with Crippen LogP contribution in [0.3, 0.4) is 0 Å². The number of rotatable bonds is 7. The van der Waals surface area contributed by atoms with Gasteiger partial charge in [-0.1, -0.05) is 12.1 Å². The summed E-state index contributed by atoms with van der Waals surface area (Å²) >= 11 is 0. The summed E-state index contributed by atoms with van der Waals surface area (Å²) in [6.07, 6.45) is 2.85. The maximum atomic E-state index is 12.1. The molecular weight excluding hydrogens is 334 g/mol. The molecular formula is C19H23N3O4. The number of carbonyl (C=O) groups excluding carboxylic acids is 3. The Bertz CT molecular complexity index is 784. The van der Waals surface area contributed by atoms with E-state index in [0.29, 0.717) is 5.56 Å². The molecule has 0 radical (unpaired) electrons. The molecule has 0 aliphatic carbocycles. The van der Waals surface area contributed by atoms with Crippen LogP contribution in [0.2, 0.25) is 0 Å². The van der Waals surface area contributed by atoms with Crippen LogP contribution in [0, 0.1) is 13.8 Å². The van der Waals surface area contributed by atoms with Crippen LogP contribution in [0.25, 0.3) is 0 Å². The first-order valence-corrected chi connectivity index (χ1v) is 8.29. The van der Waals surface area contributed by atoms with Crippen molar-refractivity contribution >= 4 is 23.4 Å². The van der Waals surface area contributed by atoms with Crippen molar-refractivity contribution in [1.29, 1.82) is 0 Å². The molecule has 7 nitrogen and oxygen atoms in total. The molecule has 0 bridgehead atoms. The topological polar surface area (TPSA) is 91.7 Å². The molecule has 7 heteroatoms. The number of hydrogen-bond donors (Lipinski definition) is 2. The lowest BCUT2D eigenvalue weighted by atomic mass is 10.1. The molecule has 138 valence electrons. The molecule has 3 amide bonds. The first kappa shape index (κ1) is 19.2. The average Bonchev–Trinajstić information content (AvgIpc) is 3.13. The van der Waals surface area contributed by atoms with Gasteiger partial charge in [-0.2, -0.15) is 0 Å². The van der Waals surface area contributed by atoms with Crippen molar-refractivity contribution in [1.82, 2.24) is 10.2 Å². The summed E-state index contributed by atoms with van der Waals surface area (Å²) in [6.45, 7) is 4.04. The zero-order valence-electron chi connectivity index (χ0n) is 15.2. The predicted molar refractivity (Wildman–Crippen MR) is 97.8 cm³/mol. The van der Waals surface area contributed by atoms with Crippen molar-refractivity contribution in [3.8, 4) is 0 Å². The van der Waals surface area contributed by atoms with E-state index in [1.54, 1.807) is 13.1 Å². The van der Waals surface area contributed by atoms with Gasteiger partial charge >= 0.3 is 0 Å². The lowest BCUT2D eigenvalue weighted by Gasteiger charge is -2.18. The maximum Gasteiger partial charge on any atom is 0.254 e. The Morgan fingerprint density at radius 3 is 2.62 bits per heavy atom. The number of hydrogen-bond acceptors (Lipinski definition) is 4. The van der Waals surface area contributed by atoms with Crippen LogP contribution >= 0.6 is 0 Å². The third kappa shape index (κ3) is 5.20. The quantitative estimate of drug-likeness (QED) is 0.794. The molecule has 0 atom stereocenters. The molecule has 2 aromatic rings. The van der Waals surface area contributed by atoms with Crippen molar-refractivity contribution in [2.24, 2.45) is 0 Å². The third-order valence-corrected chi connectivity index (χ3v) is 4.09. The zero-order valence-corrected chi connectivity index (χ0v) is 15.2. The second-order valence-electron chi connectivity index (χ2n) is 6.06. The number of nitrogens with zero attached hydrogens (tertiary/aromatic N) is 1. The molecule has 2 N–H and O–H groups in total. The highest BCUT2D eigenvalue weighted by molar-refractivity contribution is 5.95. The number of aryl methyl sites for hydroxylation is 1. The normalized spacial score (nSPS) is 10.3. The number of furan rings is 1. The highest BCUT2D eigenvalue weighted by atomic mass is 16.3. The van der Waals surface area contributed by atoms with Gasteiger partial charge in [0.25, 0.3) is 5.91 Å². The SMILES string of the molecule is Cc1cccc(NC(=O)CN(C)C(=O)CCNC(=O)c2ccoc2)c1C. The van der Waals surface area contributed by atoms with Gasteiger partial charge < -0.3 is 20.0 Å². The number of anilines is 1. The fourth-order valence-electron chi connectivity index (χ4n) is 2.35. The van der Waals surface area contributed by atoms with Crippen LogP contribution in [-0.4, -0.2) is 42.8 Å². The Labute approximate surface area is 152 Å². The number of carbonyl (C=O) groups is 3. The summed E-state index contributed by atoms with van der Waals surface area (Å²) in [5, 5.41) is 5.45. The summed E-state index contributed by atoms with van der Waals surface area (Å²) < 4.78 is 4.83. The standard InChI is InChI=1S/C19H23N3O4/c1-13-5-4-6-16(14(13)2)21-17(23)11-22(3)18(24)7-9-20-19(25)15-8-10-26-12-15/h4-6,8,10,12H,7,9,11H2,1-3H3,(H,20,25)(H,21,23). The Morgan fingerprint density at radius 2 is 1.92 bits per heavy atom. The fourth-order valence-corrected chi connectivity index (χ4v) is 2.35. The van der Waals surface area contributed by atoms with E-state index in [4.69, 9.17) is 4.42 Å². The zero-order chi connectivity index (χ0) is 19.1. The molecule has 0 saturated carbocycles. The Kier molecular flexibility index (Phi) is 6.54. The van der Waals surface area contributed by atoms with Crippen molar-refractivity contribution in [3.05, 3.63) is 53.5 Å². The molecule has 0 spiro atoms. The predicted octanol–water partition coefficient (Wildman–Crippen LogP) is 2.11. The summed E-state index contributed by atoms with van der Waals surface area (Å²) in [5.41, 5.74) is 3.22. The molecule has 0 unspecified atom stereocenters. The van der Waals surface area contributed by atoms with Gasteiger partial charge in [-0.25, -0.2) is 0 Å². The largest absolute Gasteiger partial charge is 0.472 e. The smallest absolute Gasteiger partial charge is 0.254 e. The molecule has 0 aliphatic heterocycles. The minimum Gasteiger partial charge on any atom is -0.472 e. The summed E-state index contributed by atoms with van der Waals surface area (Å²) in [5.74, 6) is -0.799. The van der Waals surface area contributed by atoms with E-state index in [1.165, 1.54) is 17.4 Å². The van der Waals surface area contributed by atoms with Gasteiger partial charge in [-0.15, -0.1) is 0 Å². The number of nitrogens with one attached hydrogen (secondary N) is 2. The second-order valence-corrected chi connectivity index (χ2v) is 6.06. The third-order valence-electron chi connectivity index (χ3n) is 4.09. The average molecular weight is 357 g/mol. The summed E-state index contributed by atoms with van der Waals surface area (Å²) in [6, 6.07) is 7.21. The van der Waals surface area contributed by atoms with E-state index in [2.05, 4.69) is 10.6 Å². The van der Waals surface area contributed by atoms with E-state index in [-0.39, 0.29) is 37.2 Å². The monoisotopic (exact) mass is 357 g/mol. The molecule has 1 aromatic heterocycles. The van der Waals surface area contributed by atoms with Crippen molar-refractivity contribution in [2.45, 2.75) is 20.3 Å². The van der Waals surface area contributed by atoms with Gasteiger partial charge in [0.1, 0.15) is 6.26 Å². The van der Waals surface area contributed by atoms with Crippen LogP contribution in [-0.2, 0) is 9.59 Å². The molecule has 1 heterocycles. The van der Waals surface area contributed by atoms with Crippen LogP contribution < -0.4 is 10.6 Å². The Balaban J connectivity index is 1.76. The highest BCUT2D eigenvalue weighted by Gasteiger charge is 2.14. The minimum atomic E-state index is -0.304. The van der Waals surface area contributed by atoms with Gasteiger partial charge in [0, 0.05) is 25.7 Å². The van der Waals surface area contributed by atoms with Crippen LogP contribution in [0.5, 0.6) is 0 Å². The molecule has 1 aromatic carbocycles. The number of likely N-dealkylation sites (N-methyl/N-ethyl adjacent to an activating group) is 1. The summed E-state index contributed by atoms with van der Waals surface area (Å²) in [7, 11) is 1.56. The molecule has 26 heavy (non-hydrogen) atoms. The van der Waals surface area contributed by atoms with Crippen LogP contribution in [0.1, 0.15) is 27.9 Å². The van der Waals surface area contributed by atoms with Gasteiger partial charge in [0.2, 0.25) is 11.8 Å². The molecule has 0 saturated heterocycles. The number of benzene rings is 1. The van der Waals surface area contributed by atoms with E-state index in [1.807, 2.05) is 32.0 Å².